The summed E-state index contributed by atoms with van der Waals surface area (Å²) in [5.41, 5.74) is 2.61. The van der Waals surface area contributed by atoms with E-state index < -0.39 is 0 Å². The van der Waals surface area contributed by atoms with Crippen molar-refractivity contribution in [2.75, 3.05) is 38.6 Å². The van der Waals surface area contributed by atoms with Crippen LogP contribution in [-0.4, -0.2) is 48.2 Å². The van der Waals surface area contributed by atoms with E-state index in [1.165, 1.54) is 12.1 Å². The Kier molecular flexibility index (Phi) is 6.76. The minimum atomic E-state index is -0.254. The summed E-state index contributed by atoms with van der Waals surface area (Å²) >= 11 is 0. The molecule has 0 amide bonds. The van der Waals surface area contributed by atoms with Crippen LogP contribution in [0.4, 0.5) is 10.2 Å². The van der Waals surface area contributed by atoms with Crippen LogP contribution in [0.25, 0.3) is 22.0 Å². The SMILES string of the molecule is CCN(CC)CCCNc1ncnc2c(OC)cc(-c3ccc(F)cc3)cc12. The molecule has 0 aliphatic carbocycles. The fraction of sp³-hybridized carbons (Fsp3) is 0.364. The number of fused-ring (bicyclic) bond motifs is 1. The van der Waals surface area contributed by atoms with E-state index in [0.717, 1.165) is 60.4 Å². The summed E-state index contributed by atoms with van der Waals surface area (Å²) in [4.78, 5) is 11.2. The Morgan fingerprint density at radius 2 is 1.79 bits per heavy atom. The molecule has 0 saturated heterocycles. The van der Waals surface area contributed by atoms with E-state index in [0.29, 0.717) is 5.75 Å². The van der Waals surface area contributed by atoms with Crippen molar-refractivity contribution in [1.29, 1.82) is 0 Å². The Hall–Kier alpha value is -2.73. The molecule has 3 rings (SSSR count). The predicted octanol–water partition coefficient (Wildman–Crippen LogP) is 4.59. The fourth-order valence-corrected chi connectivity index (χ4v) is 3.29. The summed E-state index contributed by atoms with van der Waals surface area (Å²) in [5.74, 6) is 1.20. The first-order valence-corrected chi connectivity index (χ1v) is 9.71. The summed E-state index contributed by atoms with van der Waals surface area (Å²) in [6.07, 6.45) is 2.58. The van der Waals surface area contributed by atoms with Crippen LogP contribution in [0, 0.1) is 5.82 Å². The van der Waals surface area contributed by atoms with Gasteiger partial charge in [-0.2, -0.15) is 0 Å². The topological polar surface area (TPSA) is 50.3 Å². The van der Waals surface area contributed by atoms with Gasteiger partial charge >= 0.3 is 0 Å². The van der Waals surface area contributed by atoms with Crippen LogP contribution < -0.4 is 10.1 Å². The van der Waals surface area contributed by atoms with Crippen molar-refractivity contribution in [1.82, 2.24) is 14.9 Å². The Balaban J connectivity index is 1.88. The van der Waals surface area contributed by atoms with Gasteiger partial charge in [-0.3, -0.25) is 0 Å². The molecular weight excluding hydrogens is 355 g/mol. The number of anilines is 1. The second-order valence-electron chi connectivity index (χ2n) is 6.61. The van der Waals surface area contributed by atoms with Gasteiger partial charge in [-0.1, -0.05) is 26.0 Å². The van der Waals surface area contributed by atoms with Crippen molar-refractivity contribution in [3.63, 3.8) is 0 Å². The fourth-order valence-electron chi connectivity index (χ4n) is 3.29. The van der Waals surface area contributed by atoms with Crippen LogP contribution in [-0.2, 0) is 0 Å². The predicted molar refractivity (Wildman–Crippen MR) is 112 cm³/mol. The monoisotopic (exact) mass is 382 g/mol. The molecule has 0 fully saturated rings. The van der Waals surface area contributed by atoms with Crippen molar-refractivity contribution >= 4 is 16.7 Å². The lowest BCUT2D eigenvalue weighted by molar-refractivity contribution is 0.303. The lowest BCUT2D eigenvalue weighted by Crippen LogP contribution is -2.25. The second kappa shape index (κ2) is 9.46. The van der Waals surface area contributed by atoms with Crippen molar-refractivity contribution in [3.8, 4) is 16.9 Å². The Labute approximate surface area is 165 Å². The van der Waals surface area contributed by atoms with Gasteiger partial charge in [-0.05, 0) is 61.4 Å². The maximum atomic E-state index is 13.3. The molecule has 0 spiro atoms. The van der Waals surface area contributed by atoms with E-state index in [1.54, 1.807) is 25.6 Å². The Bertz CT molecular complexity index is 910. The smallest absolute Gasteiger partial charge is 0.145 e. The summed E-state index contributed by atoms with van der Waals surface area (Å²) in [6.45, 7) is 8.35. The maximum absolute atomic E-state index is 13.3. The molecule has 0 unspecified atom stereocenters. The van der Waals surface area contributed by atoms with Crippen molar-refractivity contribution in [2.45, 2.75) is 20.3 Å². The molecule has 1 heterocycles. The van der Waals surface area contributed by atoms with Crippen molar-refractivity contribution in [3.05, 3.63) is 48.5 Å². The highest BCUT2D eigenvalue weighted by Gasteiger charge is 2.12. The number of benzene rings is 2. The molecule has 148 valence electrons. The van der Waals surface area contributed by atoms with Gasteiger partial charge < -0.3 is 15.0 Å². The molecule has 1 N–H and O–H groups in total. The van der Waals surface area contributed by atoms with E-state index in [1.807, 2.05) is 12.1 Å². The molecule has 0 aliphatic rings. The van der Waals surface area contributed by atoms with Crippen LogP contribution in [0.15, 0.2) is 42.7 Å². The number of halogens is 1. The number of hydrogen-bond acceptors (Lipinski definition) is 5. The van der Waals surface area contributed by atoms with E-state index in [-0.39, 0.29) is 5.82 Å². The average Bonchev–Trinajstić information content (AvgIpc) is 2.73. The quantitative estimate of drug-likeness (QED) is 0.549. The molecule has 0 bridgehead atoms. The Morgan fingerprint density at radius 1 is 1.04 bits per heavy atom. The summed E-state index contributed by atoms with van der Waals surface area (Å²) < 4.78 is 18.8. The van der Waals surface area contributed by atoms with Crippen molar-refractivity contribution < 1.29 is 9.13 Å². The molecule has 6 heteroatoms. The van der Waals surface area contributed by atoms with Gasteiger partial charge in [0, 0.05) is 11.9 Å². The summed E-state index contributed by atoms with van der Waals surface area (Å²) in [6, 6.07) is 10.4. The van der Waals surface area contributed by atoms with Gasteiger partial charge in [0.2, 0.25) is 0 Å². The summed E-state index contributed by atoms with van der Waals surface area (Å²) in [7, 11) is 1.63. The number of nitrogens with one attached hydrogen (secondary N) is 1. The molecule has 2 aromatic carbocycles. The highest BCUT2D eigenvalue weighted by Crippen LogP contribution is 2.34. The van der Waals surface area contributed by atoms with Crippen LogP contribution >= 0.6 is 0 Å². The zero-order valence-electron chi connectivity index (χ0n) is 16.7. The van der Waals surface area contributed by atoms with Gasteiger partial charge in [-0.25, -0.2) is 14.4 Å². The van der Waals surface area contributed by atoms with E-state index in [9.17, 15) is 4.39 Å². The van der Waals surface area contributed by atoms with E-state index >= 15 is 0 Å². The molecule has 0 atom stereocenters. The number of methoxy groups -OCH3 is 1. The van der Waals surface area contributed by atoms with Crippen LogP contribution in [0.2, 0.25) is 0 Å². The molecule has 3 aromatic rings. The highest BCUT2D eigenvalue weighted by atomic mass is 19.1. The maximum Gasteiger partial charge on any atom is 0.145 e. The third-order valence-corrected chi connectivity index (χ3v) is 4.94. The lowest BCUT2D eigenvalue weighted by atomic mass is 10.0. The molecule has 0 radical (unpaired) electrons. The highest BCUT2D eigenvalue weighted by molar-refractivity contribution is 5.96. The largest absolute Gasteiger partial charge is 0.494 e. The first kappa shape index (κ1) is 20.0. The third kappa shape index (κ3) is 4.57. The minimum Gasteiger partial charge on any atom is -0.494 e. The van der Waals surface area contributed by atoms with Crippen molar-refractivity contribution in [2.24, 2.45) is 0 Å². The number of aromatic nitrogens is 2. The van der Waals surface area contributed by atoms with Crippen LogP contribution in [0.5, 0.6) is 5.75 Å². The number of ether oxygens (including phenoxy) is 1. The van der Waals surface area contributed by atoms with E-state index in [4.69, 9.17) is 4.74 Å². The van der Waals surface area contributed by atoms with Gasteiger partial charge in [0.25, 0.3) is 0 Å². The molecule has 0 saturated carbocycles. The van der Waals surface area contributed by atoms with Gasteiger partial charge in [0.15, 0.2) is 0 Å². The molecule has 0 aliphatic heterocycles. The number of nitrogens with zero attached hydrogens (tertiary/aromatic N) is 3. The second-order valence-corrected chi connectivity index (χ2v) is 6.61. The van der Waals surface area contributed by atoms with Gasteiger partial charge in [0.05, 0.1) is 7.11 Å². The molecule has 1 aromatic heterocycles. The molecular formula is C22H27FN4O. The molecule has 28 heavy (non-hydrogen) atoms. The number of rotatable bonds is 9. The first-order valence-electron chi connectivity index (χ1n) is 9.71. The zero-order valence-corrected chi connectivity index (χ0v) is 16.7. The van der Waals surface area contributed by atoms with Gasteiger partial charge in [-0.15, -0.1) is 0 Å². The third-order valence-electron chi connectivity index (χ3n) is 4.94. The lowest BCUT2D eigenvalue weighted by Gasteiger charge is -2.18. The zero-order chi connectivity index (χ0) is 19.9. The standard InChI is InChI=1S/C22H27FN4O/c1-4-27(5-2)12-6-11-24-22-19-13-17(16-7-9-18(23)10-8-16)14-20(28-3)21(19)25-15-26-22/h7-10,13-15H,4-6,11-12H2,1-3H3,(H,24,25,26). The Morgan fingerprint density at radius 3 is 2.46 bits per heavy atom. The first-order chi connectivity index (χ1) is 13.7. The van der Waals surface area contributed by atoms with E-state index in [2.05, 4.69) is 34.0 Å². The van der Waals surface area contributed by atoms with Crippen LogP contribution in [0.3, 0.4) is 0 Å². The summed E-state index contributed by atoms with van der Waals surface area (Å²) in [5, 5.41) is 4.33. The van der Waals surface area contributed by atoms with Gasteiger partial charge in [0.1, 0.15) is 29.2 Å². The minimum absolute atomic E-state index is 0.254. The van der Waals surface area contributed by atoms with Crippen LogP contribution in [0.1, 0.15) is 20.3 Å². The average molecular weight is 382 g/mol. The number of hydrogen-bond donors (Lipinski definition) is 1. The normalized spacial score (nSPS) is 11.2. The molecule has 5 nitrogen and oxygen atoms in total.